The minimum absolute atomic E-state index is 0.173. The molecule has 0 radical (unpaired) electrons. The quantitative estimate of drug-likeness (QED) is 0.811. The van der Waals surface area contributed by atoms with Crippen LogP contribution in [-0.4, -0.2) is 12.9 Å². The zero-order valence-corrected chi connectivity index (χ0v) is 14.6. The van der Waals surface area contributed by atoms with E-state index >= 15 is 0 Å². The fraction of sp³-hybridized carbons (Fsp3) is 0.294. The first kappa shape index (κ1) is 15.8. The second kappa shape index (κ2) is 7.02. The van der Waals surface area contributed by atoms with E-state index in [-0.39, 0.29) is 11.9 Å². The zero-order chi connectivity index (χ0) is 15.5. The van der Waals surface area contributed by atoms with Crippen LogP contribution in [0.25, 0.3) is 0 Å². The number of hydrogen-bond acceptors (Lipinski definition) is 3. The Hall–Kier alpha value is -1.04. The van der Waals surface area contributed by atoms with E-state index in [4.69, 9.17) is 4.74 Å². The molecule has 3 rings (SSSR count). The van der Waals surface area contributed by atoms with Gasteiger partial charge in [0.15, 0.2) is 0 Å². The highest BCUT2D eigenvalue weighted by Gasteiger charge is 2.21. The molecule has 1 N–H and O–H groups in total. The molecule has 0 fully saturated rings. The van der Waals surface area contributed by atoms with Crippen molar-refractivity contribution in [3.63, 3.8) is 0 Å². The third-order valence-electron chi connectivity index (χ3n) is 3.79. The second-order valence-electron chi connectivity index (χ2n) is 5.21. The van der Waals surface area contributed by atoms with Crippen LogP contribution in [0.3, 0.4) is 0 Å². The van der Waals surface area contributed by atoms with Crippen LogP contribution in [-0.2, 0) is 6.54 Å². The molecule has 2 aromatic carbocycles. The van der Waals surface area contributed by atoms with Gasteiger partial charge in [0.2, 0.25) is 0 Å². The Balaban J connectivity index is 1.78. The zero-order valence-electron chi connectivity index (χ0n) is 12.2. The van der Waals surface area contributed by atoms with Crippen LogP contribution in [0.5, 0.6) is 5.75 Å². The molecule has 0 spiro atoms. The van der Waals surface area contributed by atoms with Crippen LogP contribution in [0, 0.1) is 5.82 Å². The smallest absolute Gasteiger partial charge is 0.123 e. The highest BCUT2D eigenvalue weighted by Crippen LogP contribution is 2.37. The average Bonchev–Trinajstić information content (AvgIpc) is 2.53. The number of hydrogen-bond donors (Lipinski definition) is 1. The van der Waals surface area contributed by atoms with Crippen molar-refractivity contribution in [3.05, 3.63) is 57.8 Å². The van der Waals surface area contributed by atoms with Gasteiger partial charge in [-0.3, -0.25) is 0 Å². The largest absolute Gasteiger partial charge is 0.496 e. The SMILES string of the molecule is COc1ccc(Br)cc1CNC1CCSc2ccc(F)cc21. The number of ether oxygens (including phenoxy) is 1. The van der Waals surface area contributed by atoms with E-state index in [0.717, 1.165) is 33.5 Å². The van der Waals surface area contributed by atoms with Gasteiger partial charge in [-0.1, -0.05) is 15.9 Å². The topological polar surface area (TPSA) is 21.3 Å². The number of fused-ring (bicyclic) bond motifs is 1. The van der Waals surface area contributed by atoms with E-state index < -0.39 is 0 Å². The molecule has 0 saturated heterocycles. The molecule has 116 valence electrons. The summed E-state index contributed by atoms with van der Waals surface area (Å²) in [5.41, 5.74) is 2.15. The van der Waals surface area contributed by atoms with Gasteiger partial charge >= 0.3 is 0 Å². The summed E-state index contributed by atoms with van der Waals surface area (Å²) in [6, 6.07) is 11.2. The molecule has 1 heterocycles. The second-order valence-corrected chi connectivity index (χ2v) is 7.26. The lowest BCUT2D eigenvalue weighted by Crippen LogP contribution is -2.24. The molecule has 22 heavy (non-hydrogen) atoms. The first-order chi connectivity index (χ1) is 10.7. The third-order valence-corrected chi connectivity index (χ3v) is 5.41. The van der Waals surface area contributed by atoms with Gasteiger partial charge in [-0.05, 0) is 54.1 Å². The van der Waals surface area contributed by atoms with Crippen molar-refractivity contribution in [1.29, 1.82) is 0 Å². The Labute approximate surface area is 142 Å². The Kier molecular flexibility index (Phi) is 5.06. The first-order valence-corrected chi connectivity index (χ1v) is 8.93. The molecule has 1 aliphatic heterocycles. The fourth-order valence-electron chi connectivity index (χ4n) is 2.70. The molecule has 2 aromatic rings. The summed E-state index contributed by atoms with van der Waals surface area (Å²) in [4.78, 5) is 1.17. The van der Waals surface area contributed by atoms with Gasteiger partial charge in [0, 0.05) is 27.5 Å². The van der Waals surface area contributed by atoms with E-state index in [0.29, 0.717) is 6.54 Å². The number of benzene rings is 2. The van der Waals surface area contributed by atoms with Crippen molar-refractivity contribution in [2.45, 2.75) is 23.9 Å². The van der Waals surface area contributed by atoms with Gasteiger partial charge in [-0.2, -0.15) is 0 Å². The number of nitrogens with one attached hydrogen (secondary N) is 1. The van der Waals surface area contributed by atoms with Gasteiger partial charge in [-0.15, -0.1) is 11.8 Å². The molecular weight excluding hydrogens is 365 g/mol. The van der Waals surface area contributed by atoms with Crippen LogP contribution >= 0.6 is 27.7 Å². The number of thioether (sulfide) groups is 1. The number of rotatable bonds is 4. The number of methoxy groups -OCH3 is 1. The lowest BCUT2D eigenvalue weighted by atomic mass is 10.0. The van der Waals surface area contributed by atoms with Gasteiger partial charge in [0.1, 0.15) is 11.6 Å². The first-order valence-electron chi connectivity index (χ1n) is 7.15. The lowest BCUT2D eigenvalue weighted by molar-refractivity contribution is 0.404. The summed E-state index contributed by atoms with van der Waals surface area (Å²) in [5.74, 6) is 1.74. The molecule has 5 heteroatoms. The molecule has 0 aromatic heterocycles. The van der Waals surface area contributed by atoms with Gasteiger partial charge < -0.3 is 10.1 Å². The van der Waals surface area contributed by atoms with E-state index in [9.17, 15) is 4.39 Å². The molecule has 1 atom stereocenters. The van der Waals surface area contributed by atoms with Gasteiger partial charge in [-0.25, -0.2) is 4.39 Å². The maximum atomic E-state index is 13.5. The minimum Gasteiger partial charge on any atom is -0.496 e. The molecule has 1 unspecified atom stereocenters. The van der Waals surface area contributed by atoms with Crippen molar-refractivity contribution in [2.24, 2.45) is 0 Å². The maximum Gasteiger partial charge on any atom is 0.123 e. The van der Waals surface area contributed by atoms with E-state index in [1.165, 1.54) is 11.0 Å². The average molecular weight is 382 g/mol. The van der Waals surface area contributed by atoms with Gasteiger partial charge in [0.25, 0.3) is 0 Å². The summed E-state index contributed by atoms with van der Waals surface area (Å²) >= 11 is 5.28. The molecule has 0 bridgehead atoms. The molecule has 2 nitrogen and oxygen atoms in total. The summed E-state index contributed by atoms with van der Waals surface area (Å²) in [7, 11) is 1.68. The number of halogens is 2. The van der Waals surface area contributed by atoms with Crippen LogP contribution in [0.15, 0.2) is 45.8 Å². The predicted molar refractivity (Wildman–Crippen MR) is 92.0 cm³/mol. The molecule has 0 amide bonds. The van der Waals surface area contributed by atoms with E-state index in [2.05, 4.69) is 27.3 Å². The third kappa shape index (κ3) is 3.47. The van der Waals surface area contributed by atoms with E-state index in [1.54, 1.807) is 24.9 Å². The maximum absolute atomic E-state index is 13.5. The fourth-order valence-corrected chi connectivity index (χ4v) is 4.21. The van der Waals surface area contributed by atoms with Crippen molar-refractivity contribution in [1.82, 2.24) is 5.32 Å². The van der Waals surface area contributed by atoms with Crippen molar-refractivity contribution >= 4 is 27.7 Å². The molecular formula is C17H17BrFNOS. The minimum atomic E-state index is -0.173. The van der Waals surface area contributed by atoms with Crippen LogP contribution in [0.2, 0.25) is 0 Å². The van der Waals surface area contributed by atoms with Crippen LogP contribution in [0.1, 0.15) is 23.6 Å². The van der Waals surface area contributed by atoms with E-state index in [1.807, 2.05) is 18.2 Å². The Morgan fingerprint density at radius 2 is 2.18 bits per heavy atom. The molecule has 0 saturated carbocycles. The van der Waals surface area contributed by atoms with Crippen molar-refractivity contribution < 1.29 is 9.13 Å². The van der Waals surface area contributed by atoms with Crippen molar-refractivity contribution in [3.8, 4) is 5.75 Å². The standard InChI is InChI=1S/C17H17BrFNOS/c1-21-16-4-2-12(18)8-11(16)10-20-15-6-7-22-17-5-3-13(19)9-14(15)17/h2-5,8-9,15,20H,6-7,10H2,1H3. The highest BCUT2D eigenvalue weighted by molar-refractivity contribution is 9.10. The van der Waals surface area contributed by atoms with Crippen LogP contribution < -0.4 is 10.1 Å². The summed E-state index contributed by atoms with van der Waals surface area (Å²) in [6.45, 7) is 0.688. The molecule has 1 aliphatic rings. The van der Waals surface area contributed by atoms with Crippen LogP contribution in [0.4, 0.5) is 4.39 Å². The normalized spacial score (nSPS) is 17.1. The Morgan fingerprint density at radius 1 is 1.32 bits per heavy atom. The monoisotopic (exact) mass is 381 g/mol. The summed E-state index contributed by atoms with van der Waals surface area (Å²) in [5, 5.41) is 3.54. The summed E-state index contributed by atoms with van der Waals surface area (Å²) in [6.07, 6.45) is 0.997. The Bertz CT molecular complexity index is 680. The van der Waals surface area contributed by atoms with Crippen molar-refractivity contribution in [2.75, 3.05) is 12.9 Å². The summed E-state index contributed by atoms with van der Waals surface area (Å²) < 4.78 is 20.0. The van der Waals surface area contributed by atoms with Gasteiger partial charge in [0.05, 0.1) is 7.11 Å². The predicted octanol–water partition coefficient (Wildman–Crippen LogP) is 4.92. The molecule has 0 aliphatic carbocycles. The lowest BCUT2D eigenvalue weighted by Gasteiger charge is -2.26. The Morgan fingerprint density at radius 3 is 3.00 bits per heavy atom. The highest BCUT2D eigenvalue weighted by atomic mass is 79.9.